The zero-order valence-electron chi connectivity index (χ0n) is 47.8. The normalized spacial score (nSPS) is 12.0. The van der Waals surface area contributed by atoms with Crippen molar-refractivity contribution in [2.45, 2.75) is 27.7 Å². The predicted octanol–water partition coefficient (Wildman–Crippen LogP) is 19.6. The number of aryl methyl sites for hydroxylation is 4. The first-order valence-electron chi connectivity index (χ1n) is 29.4. The molecule has 0 saturated heterocycles. The maximum atomic E-state index is 6.41. The van der Waals surface area contributed by atoms with Gasteiger partial charge in [0.15, 0.2) is 29.1 Å². The first-order valence-corrected chi connectivity index (χ1v) is 29.4. The molecular formula is C78H54N8. The number of hydrogen-bond acceptors (Lipinski definition) is 4. The van der Waals surface area contributed by atoms with Crippen molar-refractivity contribution in [3.8, 4) is 68.3 Å². The van der Waals surface area contributed by atoms with E-state index < -0.39 is 0 Å². The summed E-state index contributed by atoms with van der Waals surface area (Å²) in [5.41, 5.74) is 19.7. The Balaban J connectivity index is 1.08. The molecule has 406 valence electrons. The lowest BCUT2D eigenvalue weighted by Gasteiger charge is -2.27. The molecule has 6 aromatic heterocycles. The number of aromatic nitrogens is 8. The lowest BCUT2D eigenvalue weighted by Crippen LogP contribution is -2.16. The Morgan fingerprint density at radius 3 is 0.733 bits per heavy atom. The number of benzene rings is 11. The first-order chi connectivity index (χ1) is 42.3. The molecule has 17 aromatic rings. The average Bonchev–Trinajstić information content (AvgIpc) is 1.57. The number of fused-ring (bicyclic) bond motifs is 12. The number of pyridine rings is 1. The molecule has 0 aliphatic rings. The van der Waals surface area contributed by atoms with Crippen molar-refractivity contribution in [1.82, 2.24) is 38.2 Å². The lowest BCUT2D eigenvalue weighted by atomic mass is 9.98. The maximum absolute atomic E-state index is 6.41. The van der Waals surface area contributed by atoms with E-state index in [1.54, 1.807) is 0 Å². The van der Waals surface area contributed by atoms with Crippen LogP contribution in [0.1, 0.15) is 22.3 Å². The quantitative estimate of drug-likeness (QED) is 0.152. The number of hydrogen-bond donors (Lipinski definition) is 0. The van der Waals surface area contributed by atoms with Gasteiger partial charge in [-0.25, -0.2) is 19.9 Å². The number of rotatable bonds is 8. The Morgan fingerprint density at radius 2 is 0.453 bits per heavy atom. The molecule has 0 fully saturated rings. The fourth-order valence-corrected chi connectivity index (χ4v) is 13.9. The van der Waals surface area contributed by atoms with E-state index in [0.29, 0.717) is 17.5 Å². The number of nitrogens with zero attached hydrogens (tertiary/aromatic N) is 8. The van der Waals surface area contributed by atoms with Crippen molar-refractivity contribution < 1.29 is 0 Å². The summed E-state index contributed by atoms with van der Waals surface area (Å²) in [5.74, 6) is 3.41. The minimum atomic E-state index is 0.590. The second-order valence-electron chi connectivity index (χ2n) is 22.9. The zero-order valence-corrected chi connectivity index (χ0v) is 47.8. The molecule has 86 heavy (non-hydrogen) atoms. The topological polar surface area (TPSA) is 71.3 Å². The average molecular weight is 1100 g/mol. The molecule has 0 unspecified atom stereocenters. The smallest absolute Gasteiger partial charge is 0.165 e. The van der Waals surface area contributed by atoms with Gasteiger partial charge in [-0.15, -0.1) is 0 Å². The summed E-state index contributed by atoms with van der Waals surface area (Å²) in [4.78, 5) is 22.3. The third-order valence-corrected chi connectivity index (χ3v) is 17.3. The van der Waals surface area contributed by atoms with Gasteiger partial charge in [0.1, 0.15) is 11.4 Å². The summed E-state index contributed by atoms with van der Waals surface area (Å²) in [6, 6.07) is 92.4. The fraction of sp³-hybridized carbons (Fsp3) is 0.0513. The van der Waals surface area contributed by atoms with Gasteiger partial charge in [-0.2, -0.15) is 0 Å². The molecule has 0 atom stereocenters. The molecule has 0 N–H and O–H groups in total. The SMILES string of the molecule is Cc1cc(C)cc(-c2nc(-c3ccc(-c4c(-n5c6ccccc6c6ccccc65)c(-n5c6ccccc6c6ccccc65)nc(-n5c6ccccc6c6ccccc65)c4-n4c5ccccc5c5ccccc54)cc3)nc(-c3cc(C)cc(C)c3)n2)c1. The van der Waals surface area contributed by atoms with Gasteiger partial charge in [0.25, 0.3) is 0 Å². The summed E-state index contributed by atoms with van der Waals surface area (Å²) < 4.78 is 9.82. The van der Waals surface area contributed by atoms with Gasteiger partial charge in [-0.05, 0) is 106 Å². The monoisotopic (exact) mass is 1100 g/mol. The van der Waals surface area contributed by atoms with Crippen LogP contribution in [0.15, 0.2) is 255 Å². The minimum absolute atomic E-state index is 0.590. The highest BCUT2D eigenvalue weighted by molar-refractivity contribution is 6.16. The molecule has 0 bridgehead atoms. The fourth-order valence-electron chi connectivity index (χ4n) is 13.9. The van der Waals surface area contributed by atoms with Crippen molar-refractivity contribution in [3.05, 3.63) is 277 Å². The van der Waals surface area contributed by atoms with Crippen LogP contribution in [-0.2, 0) is 0 Å². The maximum Gasteiger partial charge on any atom is 0.165 e. The van der Waals surface area contributed by atoms with E-state index in [1.165, 1.54) is 0 Å². The Kier molecular flexibility index (Phi) is 11.0. The van der Waals surface area contributed by atoms with Crippen molar-refractivity contribution in [1.29, 1.82) is 0 Å². The van der Waals surface area contributed by atoms with Crippen LogP contribution in [0.3, 0.4) is 0 Å². The highest BCUT2D eigenvalue weighted by Gasteiger charge is 2.32. The second-order valence-corrected chi connectivity index (χ2v) is 22.9. The molecule has 0 saturated carbocycles. The van der Waals surface area contributed by atoms with E-state index in [1.807, 2.05) is 0 Å². The van der Waals surface area contributed by atoms with Gasteiger partial charge in [-0.3, -0.25) is 9.13 Å². The van der Waals surface area contributed by atoms with Gasteiger partial charge in [0, 0.05) is 65.3 Å². The molecule has 8 nitrogen and oxygen atoms in total. The molecule has 0 aliphatic heterocycles. The summed E-state index contributed by atoms with van der Waals surface area (Å²) in [7, 11) is 0. The van der Waals surface area contributed by atoms with E-state index in [0.717, 1.165) is 160 Å². The van der Waals surface area contributed by atoms with E-state index in [4.69, 9.17) is 19.9 Å². The van der Waals surface area contributed by atoms with Crippen LogP contribution < -0.4 is 0 Å². The van der Waals surface area contributed by atoms with Gasteiger partial charge in [-0.1, -0.05) is 204 Å². The molecule has 17 rings (SSSR count). The van der Waals surface area contributed by atoms with Gasteiger partial charge < -0.3 is 9.13 Å². The molecule has 0 radical (unpaired) electrons. The Hall–Kier alpha value is -11.2. The van der Waals surface area contributed by atoms with Crippen molar-refractivity contribution in [2.75, 3.05) is 0 Å². The third kappa shape index (κ3) is 7.56. The van der Waals surface area contributed by atoms with Gasteiger partial charge >= 0.3 is 0 Å². The molecular weight excluding hydrogens is 1050 g/mol. The molecule has 8 heteroatoms. The Labute approximate surface area is 495 Å². The van der Waals surface area contributed by atoms with Crippen molar-refractivity contribution in [3.63, 3.8) is 0 Å². The van der Waals surface area contributed by atoms with Crippen LogP contribution in [0.25, 0.3) is 156 Å². The lowest BCUT2D eigenvalue weighted by molar-refractivity contribution is 0.961. The van der Waals surface area contributed by atoms with E-state index in [-0.39, 0.29) is 0 Å². The van der Waals surface area contributed by atoms with Crippen LogP contribution in [0.2, 0.25) is 0 Å². The van der Waals surface area contributed by atoms with Crippen LogP contribution in [0.5, 0.6) is 0 Å². The van der Waals surface area contributed by atoms with Crippen LogP contribution in [0, 0.1) is 27.7 Å². The molecule has 0 spiro atoms. The summed E-state index contributed by atoms with van der Waals surface area (Å²) in [6.45, 7) is 8.51. The van der Waals surface area contributed by atoms with E-state index in [9.17, 15) is 0 Å². The largest absolute Gasteiger partial charge is 0.305 e. The second kappa shape index (κ2) is 19.2. The summed E-state index contributed by atoms with van der Waals surface area (Å²) in [5, 5.41) is 9.18. The van der Waals surface area contributed by atoms with Crippen molar-refractivity contribution in [2.24, 2.45) is 0 Å². The third-order valence-electron chi connectivity index (χ3n) is 17.3. The van der Waals surface area contributed by atoms with E-state index >= 15 is 0 Å². The van der Waals surface area contributed by atoms with Gasteiger partial charge in [0.05, 0.1) is 44.1 Å². The van der Waals surface area contributed by atoms with Crippen LogP contribution in [-0.4, -0.2) is 38.2 Å². The van der Waals surface area contributed by atoms with Gasteiger partial charge in [0.2, 0.25) is 0 Å². The molecule has 11 aromatic carbocycles. The molecule has 0 aliphatic carbocycles. The highest BCUT2D eigenvalue weighted by atomic mass is 15.2. The van der Waals surface area contributed by atoms with Crippen LogP contribution >= 0.6 is 0 Å². The highest BCUT2D eigenvalue weighted by Crippen LogP contribution is 2.49. The van der Waals surface area contributed by atoms with Crippen molar-refractivity contribution >= 4 is 87.2 Å². The summed E-state index contributed by atoms with van der Waals surface area (Å²) in [6.07, 6.45) is 0. The minimum Gasteiger partial charge on any atom is -0.305 e. The van der Waals surface area contributed by atoms with Crippen LogP contribution in [0.4, 0.5) is 0 Å². The standard InChI is InChI=1S/C78H54N8/c1-47-41-48(2)44-53(43-47)75-79-74(80-76(81-75)54-45-49(3)42-50(4)46-54)52-39-37-51(38-40-52)71-72(83-63-29-13-5-21-55(63)56-22-6-14-30-64(56)83)77(85-67-33-17-9-25-59(67)60-26-10-18-34-68(60)85)82-78(86-69-35-19-11-27-61(69)62-28-12-20-36-70(62)86)73(71)84-65-31-15-7-23-57(65)58-24-8-16-32-66(58)84/h5-46H,1-4H3. The first kappa shape index (κ1) is 49.4. The molecule has 6 heterocycles. The Bertz CT molecular complexity index is 5080. The zero-order chi connectivity index (χ0) is 57.3. The van der Waals surface area contributed by atoms with E-state index in [2.05, 4.69) is 301 Å². The summed E-state index contributed by atoms with van der Waals surface area (Å²) >= 11 is 0. The predicted molar refractivity (Wildman–Crippen MR) is 356 cm³/mol. The Morgan fingerprint density at radius 1 is 0.221 bits per heavy atom. The number of para-hydroxylation sites is 8. The molecule has 0 amide bonds.